The lowest BCUT2D eigenvalue weighted by molar-refractivity contribution is 0.483. The normalized spacial score (nSPS) is 18.0. The summed E-state index contributed by atoms with van der Waals surface area (Å²) in [4.78, 5) is 0. The van der Waals surface area contributed by atoms with E-state index in [9.17, 15) is 8.42 Å². The minimum Gasteiger partial charge on any atom is -0.329 e. The highest BCUT2D eigenvalue weighted by Crippen LogP contribution is 1.74. The van der Waals surface area contributed by atoms with Gasteiger partial charge < -0.3 is 5.73 Å². The molecular weight excluding hydrogens is 118 g/mol. The van der Waals surface area contributed by atoms with Crippen LogP contribution >= 0.6 is 0 Å². The summed E-state index contributed by atoms with van der Waals surface area (Å²) < 4.78 is 40.8. The average molecular weight is 127 g/mol. The number of rotatable bonds is 2. The molecule has 0 rings (SSSR count). The molecule has 0 aromatic carbocycles. The molecule has 0 aliphatic rings. The maximum Gasteiger partial charge on any atom is 0.266 e. The van der Waals surface area contributed by atoms with E-state index in [0.717, 1.165) is 0 Å². The first kappa shape index (κ1) is 3.82. The third kappa shape index (κ3) is 5.87. The smallest absolute Gasteiger partial charge is 0.266 e. The molecule has 0 unspecified atom stereocenters. The van der Waals surface area contributed by atoms with Gasteiger partial charge >= 0.3 is 0 Å². The maximum atomic E-state index is 9.88. The van der Waals surface area contributed by atoms with Crippen molar-refractivity contribution in [3.63, 3.8) is 0 Å². The van der Waals surface area contributed by atoms with E-state index >= 15 is 0 Å². The molecule has 0 aromatic rings. The Morgan fingerprint density at radius 2 is 2.29 bits per heavy atom. The summed E-state index contributed by atoms with van der Waals surface area (Å²) in [6.07, 6.45) is 0. The minimum atomic E-state index is -4.28. The highest BCUT2D eigenvalue weighted by Gasteiger charge is 1.98. The van der Waals surface area contributed by atoms with E-state index in [1.165, 1.54) is 0 Å². The van der Waals surface area contributed by atoms with Crippen molar-refractivity contribution in [2.24, 2.45) is 5.73 Å². The topological polar surface area (TPSA) is 80.4 Å². The fraction of sp³-hybridized carbons (Fsp3) is 1.00. The molecule has 44 valence electrons. The molecule has 0 aliphatic heterocycles. The van der Waals surface area contributed by atoms with E-state index < -0.39 is 22.4 Å². The fourth-order valence-electron chi connectivity index (χ4n) is 0.105. The van der Waals surface area contributed by atoms with Crippen molar-refractivity contribution in [3.8, 4) is 0 Å². The maximum absolute atomic E-state index is 9.88. The van der Waals surface area contributed by atoms with Crippen molar-refractivity contribution < 1.29 is 15.7 Å². The first-order chi connectivity index (χ1) is 3.71. The second-order valence-corrected chi connectivity index (χ2v) is 2.38. The van der Waals surface area contributed by atoms with Crippen molar-refractivity contribution in [1.29, 1.82) is 0 Å². The Morgan fingerprint density at radius 1 is 1.86 bits per heavy atom. The van der Waals surface area contributed by atoms with Crippen LogP contribution in [0.1, 0.15) is 2.74 Å². The van der Waals surface area contributed by atoms with Crippen LogP contribution < -0.4 is 5.73 Å². The van der Waals surface area contributed by atoms with Gasteiger partial charge in [-0.15, -0.1) is 0 Å². The van der Waals surface area contributed by atoms with Crippen LogP contribution in [0.4, 0.5) is 0 Å². The zero-order chi connectivity index (χ0) is 7.71. The van der Waals surface area contributed by atoms with Crippen LogP contribution in [-0.4, -0.2) is 25.2 Å². The monoisotopic (exact) mass is 127 g/mol. The molecule has 0 spiro atoms. The van der Waals surface area contributed by atoms with Crippen LogP contribution in [0.15, 0.2) is 0 Å². The molecule has 0 radical (unpaired) electrons. The highest BCUT2D eigenvalue weighted by molar-refractivity contribution is 7.85. The van der Waals surface area contributed by atoms with Crippen LogP contribution in [0.2, 0.25) is 0 Å². The summed E-state index contributed by atoms with van der Waals surface area (Å²) in [5.41, 5.74) is 4.62. The van der Waals surface area contributed by atoms with Gasteiger partial charge in [-0.1, -0.05) is 0 Å². The van der Waals surface area contributed by atoms with Crippen LogP contribution in [-0.2, 0) is 10.1 Å². The number of hydrogen-bond acceptors (Lipinski definition) is 3. The average Bonchev–Trinajstić information content (AvgIpc) is 1.14. The van der Waals surface area contributed by atoms with E-state index in [-0.39, 0.29) is 0 Å². The van der Waals surface area contributed by atoms with Gasteiger partial charge in [0.1, 0.15) is 0 Å². The van der Waals surface area contributed by atoms with E-state index in [1.807, 2.05) is 0 Å². The summed E-state index contributed by atoms with van der Waals surface area (Å²) >= 11 is 0. The largest absolute Gasteiger partial charge is 0.329 e. The molecule has 7 heavy (non-hydrogen) atoms. The first-order valence-corrected chi connectivity index (χ1v) is 3.06. The van der Waals surface area contributed by atoms with Gasteiger partial charge in [0.15, 0.2) is 0 Å². The third-order valence-electron chi connectivity index (χ3n) is 0.266. The fourth-order valence-corrected chi connectivity index (χ4v) is 0.316. The Labute approximate surface area is 44.9 Å². The van der Waals surface area contributed by atoms with Crippen molar-refractivity contribution >= 4 is 10.1 Å². The molecular formula is C2H7NO3S. The van der Waals surface area contributed by atoms with Crippen molar-refractivity contribution in [2.75, 3.05) is 12.2 Å². The van der Waals surface area contributed by atoms with Crippen molar-refractivity contribution in [3.05, 3.63) is 0 Å². The Balaban J connectivity index is 4.07. The van der Waals surface area contributed by atoms with Gasteiger partial charge in [0, 0.05) is 9.24 Å². The SMILES string of the molecule is [2H]C([2H])(N)CS(=O)(=O)O. The molecule has 4 nitrogen and oxygen atoms in total. The quantitative estimate of drug-likeness (QED) is 0.458. The van der Waals surface area contributed by atoms with Crippen LogP contribution in [0.3, 0.4) is 0 Å². The molecule has 0 fully saturated rings. The third-order valence-corrected chi connectivity index (χ3v) is 0.797. The van der Waals surface area contributed by atoms with Gasteiger partial charge in [-0.25, -0.2) is 0 Å². The molecule has 0 saturated carbocycles. The lowest BCUT2D eigenvalue weighted by Gasteiger charge is -1.86. The summed E-state index contributed by atoms with van der Waals surface area (Å²) in [6.45, 7) is -2.35. The molecule has 0 bridgehead atoms. The van der Waals surface area contributed by atoms with Crippen LogP contribution in [0.25, 0.3) is 0 Å². The van der Waals surface area contributed by atoms with Gasteiger partial charge in [0.2, 0.25) is 0 Å². The molecule has 5 heteroatoms. The Bertz CT molecular complexity index is 180. The van der Waals surface area contributed by atoms with Gasteiger partial charge in [0.25, 0.3) is 10.1 Å². The lowest BCUT2D eigenvalue weighted by atomic mass is 10.8. The van der Waals surface area contributed by atoms with E-state index in [4.69, 9.17) is 7.29 Å². The van der Waals surface area contributed by atoms with Gasteiger partial charge in [0.05, 0.1) is 5.75 Å². The Hall–Kier alpha value is -0.130. The zero-order valence-electron chi connectivity index (χ0n) is 5.46. The second kappa shape index (κ2) is 2.25. The molecule has 0 aromatic heterocycles. The summed E-state index contributed by atoms with van der Waals surface area (Å²) in [5, 5.41) is 0. The first-order valence-electron chi connectivity index (χ1n) is 2.45. The van der Waals surface area contributed by atoms with E-state index in [0.29, 0.717) is 0 Å². The number of nitrogens with two attached hydrogens (primary N) is 1. The van der Waals surface area contributed by atoms with Gasteiger partial charge in [-0.05, 0) is 0 Å². The molecule has 0 heterocycles. The summed E-state index contributed by atoms with van der Waals surface area (Å²) in [7, 11) is -4.28. The van der Waals surface area contributed by atoms with Gasteiger partial charge in [-0.3, -0.25) is 4.55 Å². The predicted molar refractivity (Wildman–Crippen MR) is 25.5 cm³/mol. The molecule has 0 atom stereocenters. The second-order valence-electron chi connectivity index (χ2n) is 0.930. The highest BCUT2D eigenvalue weighted by atomic mass is 32.2. The Morgan fingerprint density at radius 3 is 2.29 bits per heavy atom. The van der Waals surface area contributed by atoms with Crippen molar-refractivity contribution in [1.82, 2.24) is 0 Å². The standard InChI is InChI=1S/C2H7NO3S/c3-1-2-7(4,5)6/h1-3H2,(H,4,5,6)/i1D2. The molecule has 0 aliphatic carbocycles. The predicted octanol–water partition coefficient (Wildman–Crippen LogP) is -1.17. The Kier molecular flexibility index (Phi) is 1.23. The molecule has 0 amide bonds. The zero-order valence-corrected chi connectivity index (χ0v) is 4.27. The molecule has 3 N–H and O–H groups in total. The van der Waals surface area contributed by atoms with Gasteiger partial charge in [-0.2, -0.15) is 8.42 Å². The minimum absolute atomic E-state index is 1.07. The van der Waals surface area contributed by atoms with Crippen LogP contribution in [0.5, 0.6) is 0 Å². The molecule has 0 saturated heterocycles. The summed E-state index contributed by atoms with van der Waals surface area (Å²) in [6, 6.07) is 0. The summed E-state index contributed by atoms with van der Waals surface area (Å²) in [5.74, 6) is -1.07. The number of hydrogen-bond donors (Lipinski definition) is 2. The van der Waals surface area contributed by atoms with E-state index in [2.05, 4.69) is 5.73 Å². The van der Waals surface area contributed by atoms with E-state index in [1.54, 1.807) is 0 Å². The van der Waals surface area contributed by atoms with Crippen molar-refractivity contribution in [2.45, 2.75) is 0 Å². The lowest BCUT2D eigenvalue weighted by Crippen LogP contribution is -2.13. The van der Waals surface area contributed by atoms with Crippen LogP contribution in [0, 0.1) is 0 Å².